The standard InChI is InChI=1S/C45H57N12O21P3S/c1-4-16-56(19-24-5-10-28-27(18-24)40(64)55-44(47)54-28)26-8-6-25(7-9-26)39(63)53-29(11-12-32(59)60)43(66)82-17-15-48-31(58)13-14-49-41(65)36(62)45(2,3)21-75-81(72,73)78-80(70,71)74-20-30-35(77-79(67,68)69)34(61)42(76-30)57-23-52-33-37(46)50-22-51-38(33)57/h1,5-10,18,22-23,29-30,34-36,42,61-62H,11-17,19-21H2,2-3H3,(H,48,58)(H,49,65)(H,53,63)(H,59,60)(H,70,71)(H,72,73)(H2,46,50,51)(H2,67,68,69)(H3,47,54,55,64). The van der Waals surface area contributed by atoms with Gasteiger partial charge in [-0.05, 0) is 48.4 Å². The molecule has 3 aromatic heterocycles. The molecule has 5 aromatic rings. The molecule has 0 spiro atoms. The van der Waals surface area contributed by atoms with Crippen LogP contribution in [0.3, 0.4) is 0 Å². The van der Waals surface area contributed by atoms with Gasteiger partial charge in [-0.2, -0.15) is 4.31 Å². The van der Waals surface area contributed by atoms with E-state index < -0.39 is 120 Å². The van der Waals surface area contributed by atoms with Crippen LogP contribution >= 0.6 is 35.2 Å². The van der Waals surface area contributed by atoms with Crippen molar-refractivity contribution in [2.75, 3.05) is 55.0 Å². The van der Waals surface area contributed by atoms with Crippen LogP contribution in [0.4, 0.5) is 17.5 Å². The van der Waals surface area contributed by atoms with E-state index in [2.05, 4.69) is 55.6 Å². The molecular weight excluding hydrogens is 1170 g/mol. The number of nitrogens with zero attached hydrogens (tertiary/aromatic N) is 6. The molecule has 2 aromatic carbocycles. The van der Waals surface area contributed by atoms with Crippen LogP contribution < -0.4 is 37.9 Å². The molecule has 82 heavy (non-hydrogen) atoms. The second-order valence-electron chi connectivity index (χ2n) is 18.6. The van der Waals surface area contributed by atoms with Gasteiger partial charge in [0.1, 0.15) is 36.3 Å². The number of ether oxygens (including phenoxy) is 1. The molecule has 1 fully saturated rings. The fourth-order valence-corrected chi connectivity index (χ4v) is 11.4. The molecule has 3 amide bonds. The lowest BCUT2D eigenvalue weighted by atomic mass is 9.87. The van der Waals surface area contributed by atoms with Crippen molar-refractivity contribution in [1.29, 1.82) is 0 Å². The summed E-state index contributed by atoms with van der Waals surface area (Å²) in [4.78, 5) is 136. The molecule has 8 unspecified atom stereocenters. The third-order valence-electron chi connectivity index (χ3n) is 11.9. The minimum Gasteiger partial charge on any atom is -0.481 e. The number of fused-ring (bicyclic) bond motifs is 2. The SMILES string of the molecule is C#CCN(Cc1ccc2nc(N)[nH]c(=O)c2c1)c1ccc(C(=O)NC(CCC(=O)O)C(=O)SCCNC(=O)CCNC(=O)C(O)C(C)(C)COP(=O)(O)OP(=O)(O)OCC2OC(n3cnc4c(N)ncnc43)C(O)C2OP(=O)(O)O)cc1. The first-order valence-corrected chi connectivity index (χ1v) is 29.6. The van der Waals surface area contributed by atoms with Crippen LogP contribution in [0, 0.1) is 17.8 Å². The Kier molecular flexibility index (Phi) is 21.6. The summed E-state index contributed by atoms with van der Waals surface area (Å²) in [6.07, 6.45) is -2.47. The van der Waals surface area contributed by atoms with Crippen molar-refractivity contribution in [2.45, 2.75) is 76.3 Å². The molecule has 0 radical (unpaired) electrons. The van der Waals surface area contributed by atoms with Gasteiger partial charge in [0, 0.05) is 54.9 Å². The number of carbonyl (C=O) groups excluding carboxylic acids is 4. The molecule has 444 valence electrons. The normalized spacial score (nSPS) is 18.6. The van der Waals surface area contributed by atoms with E-state index in [9.17, 15) is 77.4 Å². The maximum atomic E-state index is 13.3. The second kappa shape index (κ2) is 27.5. The molecule has 1 aliphatic rings. The number of terminal acetylenes is 1. The number of nitrogens with two attached hydrogens (primary N) is 2. The monoisotopic (exact) mass is 1230 g/mol. The van der Waals surface area contributed by atoms with Crippen LogP contribution in [0.5, 0.6) is 0 Å². The molecule has 1 saturated heterocycles. The molecule has 0 bridgehead atoms. The molecule has 1 aliphatic heterocycles. The molecule has 0 aliphatic carbocycles. The zero-order chi connectivity index (χ0) is 60.3. The number of hydrogen-bond donors (Lipinski definition) is 13. The number of nitrogen functional groups attached to an aromatic ring is 2. The van der Waals surface area contributed by atoms with Crippen LogP contribution in [0.2, 0.25) is 0 Å². The van der Waals surface area contributed by atoms with Gasteiger partial charge in [0.25, 0.3) is 11.5 Å². The van der Waals surface area contributed by atoms with Gasteiger partial charge in [-0.15, -0.1) is 6.42 Å². The summed E-state index contributed by atoms with van der Waals surface area (Å²) in [6.45, 7) is 0.275. The summed E-state index contributed by atoms with van der Waals surface area (Å²) >= 11 is 0.717. The first kappa shape index (κ1) is 64.4. The number of benzene rings is 2. The highest BCUT2D eigenvalue weighted by Gasteiger charge is 2.50. The van der Waals surface area contributed by atoms with Gasteiger partial charge < -0.3 is 71.9 Å². The van der Waals surface area contributed by atoms with Gasteiger partial charge in [0.15, 0.2) is 17.7 Å². The summed E-state index contributed by atoms with van der Waals surface area (Å²) in [7, 11) is -16.6. The zero-order valence-corrected chi connectivity index (χ0v) is 46.7. The van der Waals surface area contributed by atoms with Crippen LogP contribution in [-0.4, -0.2) is 162 Å². The summed E-state index contributed by atoms with van der Waals surface area (Å²) in [5.74, 6) is -1.10. The predicted octanol–water partition coefficient (Wildman–Crippen LogP) is -0.213. The van der Waals surface area contributed by atoms with E-state index in [0.29, 0.717) is 16.6 Å². The number of aromatic amines is 1. The number of phosphoric acid groups is 3. The van der Waals surface area contributed by atoms with Gasteiger partial charge in [-0.3, -0.25) is 51.9 Å². The van der Waals surface area contributed by atoms with Crippen LogP contribution in [0.15, 0.2) is 59.9 Å². The first-order chi connectivity index (χ1) is 38.5. The number of aliphatic hydroxyl groups excluding tert-OH is 2. The number of aliphatic carboxylic acids is 1. The highest BCUT2D eigenvalue weighted by Crippen LogP contribution is 2.61. The van der Waals surface area contributed by atoms with Gasteiger partial charge in [-0.25, -0.2) is 33.6 Å². The van der Waals surface area contributed by atoms with Crippen molar-refractivity contribution in [3.05, 3.63) is 76.6 Å². The number of hydrogen-bond acceptors (Lipinski definition) is 24. The Bertz CT molecular complexity index is 3420. The number of amides is 3. The summed E-state index contributed by atoms with van der Waals surface area (Å²) in [6, 6.07) is 10.1. The molecule has 4 heterocycles. The van der Waals surface area contributed by atoms with Crippen molar-refractivity contribution >= 4 is 104 Å². The fourth-order valence-electron chi connectivity index (χ4n) is 7.84. The number of carbonyl (C=O) groups is 5. The topological polar surface area (TPSA) is 505 Å². The van der Waals surface area contributed by atoms with Crippen LogP contribution in [0.1, 0.15) is 55.3 Å². The lowest BCUT2D eigenvalue weighted by Gasteiger charge is -2.30. The summed E-state index contributed by atoms with van der Waals surface area (Å²) in [5, 5.41) is 38.2. The number of H-pyrrole nitrogens is 1. The number of nitrogens with one attached hydrogen (secondary N) is 4. The second-order valence-corrected chi connectivity index (χ2v) is 23.9. The third kappa shape index (κ3) is 17.9. The largest absolute Gasteiger partial charge is 0.481 e. The van der Waals surface area contributed by atoms with Crippen molar-refractivity contribution in [2.24, 2.45) is 5.41 Å². The van der Waals surface area contributed by atoms with Crippen molar-refractivity contribution < 1.29 is 95.2 Å². The number of phosphoric ester groups is 3. The van der Waals surface area contributed by atoms with Gasteiger partial charge in [-0.1, -0.05) is 37.6 Å². The highest BCUT2D eigenvalue weighted by molar-refractivity contribution is 8.13. The smallest absolute Gasteiger partial charge is 0.481 e. The first-order valence-electron chi connectivity index (χ1n) is 24.1. The van der Waals surface area contributed by atoms with E-state index in [0.717, 1.165) is 34.5 Å². The number of anilines is 3. The van der Waals surface area contributed by atoms with Gasteiger partial charge in [0.2, 0.25) is 22.9 Å². The number of aromatic nitrogens is 6. The van der Waals surface area contributed by atoms with Gasteiger partial charge in [0.05, 0.1) is 43.0 Å². The Morgan fingerprint density at radius 1 is 0.988 bits per heavy atom. The molecule has 15 N–H and O–H groups in total. The van der Waals surface area contributed by atoms with E-state index in [1.807, 2.05) is 4.90 Å². The average Bonchev–Trinajstić information content (AvgIpc) is 3.99. The third-order valence-corrected chi connectivity index (χ3v) is 16.0. The number of thioether (sulfide) groups is 1. The molecule has 0 saturated carbocycles. The summed E-state index contributed by atoms with van der Waals surface area (Å²) in [5.41, 5.74) is 11.3. The predicted molar refractivity (Wildman–Crippen MR) is 288 cm³/mol. The Labute approximate surface area is 468 Å². The average molecular weight is 1230 g/mol. The van der Waals surface area contributed by atoms with Crippen LogP contribution in [-0.2, 0) is 62.0 Å². The maximum absolute atomic E-state index is 13.3. The van der Waals surface area contributed by atoms with Crippen molar-refractivity contribution in [3.63, 3.8) is 0 Å². The maximum Gasteiger partial charge on any atom is 0.481 e. The molecule has 6 rings (SSSR count). The van der Waals surface area contributed by atoms with E-state index in [1.54, 1.807) is 30.3 Å². The molecule has 8 atom stereocenters. The zero-order valence-electron chi connectivity index (χ0n) is 43.2. The number of carboxylic acid groups (broad SMARTS) is 1. The summed E-state index contributed by atoms with van der Waals surface area (Å²) < 4.78 is 62.6. The number of imidazole rings is 1. The number of aliphatic hydroxyl groups is 2. The Morgan fingerprint density at radius 2 is 1.70 bits per heavy atom. The van der Waals surface area contributed by atoms with Crippen LogP contribution in [0.25, 0.3) is 22.1 Å². The van der Waals surface area contributed by atoms with E-state index in [-0.39, 0.29) is 73.3 Å². The quantitative estimate of drug-likeness (QED) is 0.0167. The van der Waals surface area contributed by atoms with E-state index in [1.165, 1.54) is 26.0 Å². The molecule has 33 nitrogen and oxygen atoms in total. The number of carboxylic acids is 1. The number of rotatable bonds is 29. The Balaban J connectivity index is 0.914. The highest BCUT2D eigenvalue weighted by atomic mass is 32.2. The molecular formula is C45H57N12O21P3S. The minimum absolute atomic E-state index is 0.00136. The van der Waals surface area contributed by atoms with Crippen molar-refractivity contribution in [3.8, 4) is 12.3 Å². The van der Waals surface area contributed by atoms with E-state index >= 15 is 0 Å². The lowest BCUT2D eigenvalue weighted by molar-refractivity contribution is -0.138. The van der Waals surface area contributed by atoms with Gasteiger partial charge >= 0.3 is 29.4 Å². The lowest BCUT2D eigenvalue weighted by Crippen LogP contribution is -2.46. The van der Waals surface area contributed by atoms with Crippen molar-refractivity contribution in [1.82, 2.24) is 45.4 Å². The van der Waals surface area contributed by atoms with E-state index in [4.69, 9.17) is 31.7 Å². The molecule has 37 heteroatoms. The minimum atomic E-state index is -5.65. The Morgan fingerprint density at radius 3 is 2.38 bits per heavy atom. The fraction of sp³-hybridized carbons (Fsp3) is 0.422. The Hall–Kier alpha value is -6.76.